The minimum absolute atomic E-state index is 0.0205. The third-order valence-electron chi connectivity index (χ3n) is 6.86. The summed E-state index contributed by atoms with van der Waals surface area (Å²) in [5, 5.41) is 2.85. The predicted molar refractivity (Wildman–Crippen MR) is 139 cm³/mol. The Bertz CT molecular complexity index is 1370. The number of anilines is 2. The Hall–Kier alpha value is -3.40. The molecular weight excluding hydrogens is 518 g/mol. The first kappa shape index (κ1) is 26.2. The zero-order valence-electron chi connectivity index (χ0n) is 21.6. The van der Waals surface area contributed by atoms with Crippen LogP contribution >= 0.6 is 11.6 Å². The average Bonchev–Trinajstić information content (AvgIpc) is 3.42. The fourth-order valence-corrected chi connectivity index (χ4v) is 5.33. The van der Waals surface area contributed by atoms with Crippen molar-refractivity contribution in [3.05, 3.63) is 47.2 Å². The van der Waals surface area contributed by atoms with Gasteiger partial charge < -0.3 is 24.4 Å². The van der Waals surface area contributed by atoms with Crippen molar-refractivity contribution >= 4 is 40.1 Å². The summed E-state index contributed by atoms with van der Waals surface area (Å²) >= 11 is 5.73. The smallest absolute Gasteiger partial charge is 0.410 e. The van der Waals surface area contributed by atoms with Gasteiger partial charge in [-0.2, -0.15) is 0 Å². The summed E-state index contributed by atoms with van der Waals surface area (Å²) in [7, 11) is 1.55. The zero-order valence-corrected chi connectivity index (χ0v) is 22.3. The van der Waals surface area contributed by atoms with E-state index < -0.39 is 22.3 Å². The van der Waals surface area contributed by atoms with Crippen molar-refractivity contribution in [1.82, 2.24) is 14.9 Å². The maximum absolute atomic E-state index is 14.5. The normalized spacial score (nSPS) is 19.5. The number of nitrogens with zero attached hydrogens (tertiary/aromatic N) is 3. The van der Waals surface area contributed by atoms with Crippen LogP contribution in [-0.2, 0) is 4.74 Å². The first-order chi connectivity index (χ1) is 18.0. The minimum Gasteiger partial charge on any atom is -0.493 e. The molecule has 0 bridgehead atoms. The van der Waals surface area contributed by atoms with Crippen LogP contribution < -0.4 is 14.8 Å². The van der Waals surface area contributed by atoms with Gasteiger partial charge in [-0.3, -0.25) is 0 Å². The molecule has 1 saturated carbocycles. The number of benzene rings is 2. The summed E-state index contributed by atoms with van der Waals surface area (Å²) < 4.78 is 45.6. The Morgan fingerprint density at radius 3 is 2.47 bits per heavy atom. The van der Waals surface area contributed by atoms with Crippen molar-refractivity contribution in [3.8, 4) is 11.5 Å². The molecule has 1 aliphatic heterocycles. The lowest BCUT2D eigenvalue weighted by atomic mass is 10.0. The van der Waals surface area contributed by atoms with Crippen molar-refractivity contribution < 1.29 is 27.8 Å². The number of aromatic nitrogens is 2. The van der Waals surface area contributed by atoms with Gasteiger partial charge in [-0.25, -0.2) is 23.5 Å². The molecule has 8 nitrogen and oxygen atoms in total. The van der Waals surface area contributed by atoms with Crippen LogP contribution in [0.3, 0.4) is 0 Å². The van der Waals surface area contributed by atoms with Gasteiger partial charge in [-0.1, -0.05) is 11.6 Å². The van der Waals surface area contributed by atoms with Crippen LogP contribution in [0, 0.1) is 23.5 Å². The molecule has 0 unspecified atom stereocenters. The highest BCUT2D eigenvalue weighted by Gasteiger charge is 2.44. The fraction of sp³-hybridized carbons (Fsp3) is 0.444. The van der Waals surface area contributed by atoms with Crippen molar-refractivity contribution in [2.45, 2.75) is 45.3 Å². The van der Waals surface area contributed by atoms with Crippen molar-refractivity contribution in [3.63, 3.8) is 0 Å². The van der Waals surface area contributed by atoms with Crippen molar-refractivity contribution in [2.24, 2.45) is 11.8 Å². The largest absolute Gasteiger partial charge is 0.493 e. The Morgan fingerprint density at radius 2 is 1.82 bits per heavy atom. The van der Waals surface area contributed by atoms with E-state index in [-0.39, 0.29) is 17.9 Å². The minimum atomic E-state index is -0.915. The Balaban J connectivity index is 1.34. The molecule has 3 aromatic rings. The summed E-state index contributed by atoms with van der Waals surface area (Å²) in [6.45, 7) is 6.86. The second-order valence-electron chi connectivity index (χ2n) is 10.7. The monoisotopic (exact) mass is 546 g/mol. The lowest BCUT2D eigenvalue weighted by Gasteiger charge is -2.25. The quantitative estimate of drug-likeness (QED) is 0.374. The molecule has 2 heterocycles. The van der Waals surface area contributed by atoms with Crippen LogP contribution in [-0.4, -0.2) is 52.9 Å². The number of likely N-dealkylation sites (tertiary alicyclic amines) is 1. The zero-order chi connectivity index (χ0) is 27.2. The molecule has 1 aliphatic carbocycles. The molecular formula is C27H29ClF2N4O4. The van der Waals surface area contributed by atoms with Crippen LogP contribution in [0.4, 0.5) is 25.1 Å². The highest BCUT2D eigenvalue weighted by Crippen LogP contribution is 2.43. The predicted octanol–water partition coefficient (Wildman–Crippen LogP) is 6.34. The number of ether oxygens (including phenoxy) is 3. The second-order valence-corrected chi connectivity index (χ2v) is 11.1. The summed E-state index contributed by atoms with van der Waals surface area (Å²) in [5.41, 5.74) is 0.00336. The molecule has 2 aliphatic rings. The van der Waals surface area contributed by atoms with E-state index in [1.807, 2.05) is 20.8 Å². The van der Waals surface area contributed by atoms with Gasteiger partial charge in [0.1, 0.15) is 28.6 Å². The van der Waals surface area contributed by atoms with Gasteiger partial charge in [0.2, 0.25) is 0 Å². The molecule has 2 aromatic carbocycles. The molecule has 38 heavy (non-hydrogen) atoms. The van der Waals surface area contributed by atoms with Crippen LogP contribution in [0.15, 0.2) is 30.6 Å². The fourth-order valence-electron chi connectivity index (χ4n) is 5.16. The third kappa shape index (κ3) is 5.27. The molecule has 1 saturated heterocycles. The number of carbonyl (C=O) groups excluding carboxylic acids is 1. The average molecular weight is 547 g/mol. The number of rotatable bonds is 5. The summed E-state index contributed by atoms with van der Waals surface area (Å²) in [5.74, 6) is 0.200. The van der Waals surface area contributed by atoms with Crippen LogP contribution in [0.1, 0.15) is 33.6 Å². The van der Waals surface area contributed by atoms with Gasteiger partial charge >= 0.3 is 6.09 Å². The molecule has 202 valence electrons. The van der Waals surface area contributed by atoms with Gasteiger partial charge in [-0.05, 0) is 63.6 Å². The molecule has 1 amide bonds. The molecule has 0 spiro atoms. The van der Waals surface area contributed by atoms with Crippen molar-refractivity contribution in [1.29, 1.82) is 0 Å². The summed E-state index contributed by atoms with van der Waals surface area (Å²) in [6, 6.07) is 5.81. The maximum Gasteiger partial charge on any atom is 0.410 e. The lowest BCUT2D eigenvalue weighted by Crippen LogP contribution is -2.36. The van der Waals surface area contributed by atoms with Gasteiger partial charge in [-0.15, -0.1) is 0 Å². The number of amides is 1. The summed E-state index contributed by atoms with van der Waals surface area (Å²) in [6.07, 6.45) is 2.58. The summed E-state index contributed by atoms with van der Waals surface area (Å²) in [4.78, 5) is 22.8. The van der Waals surface area contributed by atoms with Gasteiger partial charge in [0.25, 0.3) is 0 Å². The van der Waals surface area contributed by atoms with E-state index in [0.717, 1.165) is 18.9 Å². The number of nitrogens with one attached hydrogen (secondary N) is 1. The van der Waals surface area contributed by atoms with Crippen LogP contribution in [0.5, 0.6) is 11.5 Å². The van der Waals surface area contributed by atoms with Crippen LogP contribution in [0.25, 0.3) is 10.9 Å². The van der Waals surface area contributed by atoms with E-state index in [2.05, 4.69) is 15.3 Å². The standard InChI is InChI=1S/C27H29ClF2N4O4/c1-27(2,3)38-26(35)34-11-14-7-16(8-15(14)12-34)37-22-9-17-20(10-21(22)36-4)31-13-32-25(17)33-19-6-5-18(29)23(28)24(19)30/h5-6,9-10,13-16H,7-8,11-12H2,1-4H3,(H,31,32,33)/t14-,15-/m1/s1. The number of carbonyl (C=O) groups is 1. The number of halogens is 3. The van der Waals surface area contributed by atoms with Crippen molar-refractivity contribution in [2.75, 3.05) is 25.5 Å². The first-order valence-electron chi connectivity index (χ1n) is 12.4. The molecule has 1 N–H and O–H groups in total. The van der Waals surface area contributed by atoms with E-state index in [1.54, 1.807) is 24.1 Å². The van der Waals surface area contributed by atoms with Gasteiger partial charge in [0.15, 0.2) is 17.3 Å². The Morgan fingerprint density at radius 1 is 1.11 bits per heavy atom. The van der Waals surface area contributed by atoms with Gasteiger partial charge in [0.05, 0.1) is 24.4 Å². The van der Waals surface area contributed by atoms with Crippen LogP contribution in [0.2, 0.25) is 5.02 Å². The van der Waals surface area contributed by atoms with E-state index >= 15 is 0 Å². The van der Waals surface area contributed by atoms with E-state index in [1.165, 1.54) is 12.4 Å². The molecule has 2 fully saturated rings. The topological polar surface area (TPSA) is 85.8 Å². The second kappa shape index (κ2) is 10.1. The molecule has 1 aromatic heterocycles. The number of methoxy groups -OCH3 is 1. The van der Waals surface area contributed by atoms with E-state index in [4.69, 9.17) is 25.8 Å². The Kier molecular flexibility index (Phi) is 6.94. The van der Waals surface area contributed by atoms with Gasteiger partial charge in [0, 0.05) is 24.5 Å². The van der Waals surface area contributed by atoms with E-state index in [0.29, 0.717) is 53.1 Å². The molecule has 5 rings (SSSR count). The third-order valence-corrected chi connectivity index (χ3v) is 7.21. The lowest BCUT2D eigenvalue weighted by molar-refractivity contribution is 0.0272. The highest BCUT2D eigenvalue weighted by atomic mass is 35.5. The molecule has 0 radical (unpaired) electrons. The van der Waals surface area contributed by atoms with E-state index in [9.17, 15) is 13.6 Å². The molecule has 2 atom stereocenters. The number of hydrogen-bond acceptors (Lipinski definition) is 7. The number of hydrogen-bond donors (Lipinski definition) is 1. The Labute approximate surface area is 224 Å². The maximum atomic E-state index is 14.5. The number of fused-ring (bicyclic) bond motifs is 2. The SMILES string of the molecule is COc1cc2ncnc(Nc3ccc(F)c(Cl)c3F)c2cc1OC1C[C@@H]2CN(C(=O)OC(C)(C)C)C[C@H]2C1. The molecule has 11 heteroatoms. The highest BCUT2D eigenvalue weighted by molar-refractivity contribution is 6.31. The first-order valence-corrected chi connectivity index (χ1v) is 12.8.